The highest BCUT2D eigenvalue weighted by Gasteiger charge is 2.69. The highest BCUT2D eigenvalue weighted by Crippen LogP contribution is 2.75. The molecule has 0 aromatic carbocycles. The van der Waals surface area contributed by atoms with Crippen LogP contribution in [0.1, 0.15) is 106 Å². The average Bonchev–Trinajstić information content (AvgIpc) is 2.92. The Balaban J connectivity index is 1.26. The summed E-state index contributed by atoms with van der Waals surface area (Å²) in [5, 5.41) is 53.1. The Morgan fingerprint density at radius 2 is 1.63 bits per heavy atom. The van der Waals surface area contributed by atoms with Crippen LogP contribution in [0, 0.1) is 44.8 Å². The monoisotopic (exact) mass is 604 g/mol. The first-order valence-electron chi connectivity index (χ1n) is 16.9. The minimum atomic E-state index is -1.28. The van der Waals surface area contributed by atoms with Crippen molar-refractivity contribution in [2.24, 2.45) is 44.8 Å². The van der Waals surface area contributed by atoms with Crippen LogP contribution < -0.4 is 0 Å². The van der Waals surface area contributed by atoms with Gasteiger partial charge in [0.15, 0.2) is 0 Å². The molecule has 244 valence electrons. The van der Waals surface area contributed by atoms with E-state index in [0.29, 0.717) is 12.3 Å². The summed E-state index contributed by atoms with van der Waals surface area (Å²) in [6.07, 6.45) is 6.35. The number of aliphatic carboxylic acids is 1. The van der Waals surface area contributed by atoms with E-state index in [1.165, 1.54) is 5.57 Å². The molecule has 5 N–H and O–H groups in total. The number of hydrogen-bond acceptors (Lipinski definition) is 7. The molecule has 1 aliphatic heterocycles. The first-order valence-corrected chi connectivity index (χ1v) is 16.9. The molecule has 13 atom stereocenters. The minimum Gasteiger partial charge on any atom is -0.481 e. The Hall–Kier alpha value is -1.03. The van der Waals surface area contributed by atoms with Gasteiger partial charge >= 0.3 is 5.97 Å². The lowest BCUT2D eigenvalue weighted by atomic mass is 9.34. The summed E-state index contributed by atoms with van der Waals surface area (Å²) in [7, 11) is 0. The molecule has 5 fully saturated rings. The zero-order valence-corrected chi connectivity index (χ0v) is 27.1. The molecule has 6 rings (SSSR count). The molecule has 0 aromatic rings. The molecular formula is C35H56O8. The van der Waals surface area contributed by atoms with Crippen molar-refractivity contribution in [2.75, 3.05) is 13.2 Å². The third-order valence-corrected chi connectivity index (χ3v) is 14.7. The highest BCUT2D eigenvalue weighted by molar-refractivity contribution is 5.76. The smallest absolute Gasteiger partial charge is 0.310 e. The van der Waals surface area contributed by atoms with E-state index in [2.05, 4.69) is 40.7 Å². The Morgan fingerprint density at radius 3 is 2.33 bits per heavy atom. The predicted molar refractivity (Wildman–Crippen MR) is 161 cm³/mol. The van der Waals surface area contributed by atoms with Crippen molar-refractivity contribution in [1.29, 1.82) is 0 Å². The van der Waals surface area contributed by atoms with Crippen LogP contribution in [-0.2, 0) is 14.3 Å². The van der Waals surface area contributed by atoms with Crippen molar-refractivity contribution in [3.8, 4) is 0 Å². The maximum Gasteiger partial charge on any atom is 0.310 e. The Labute approximate surface area is 257 Å². The van der Waals surface area contributed by atoms with Gasteiger partial charge in [-0.25, -0.2) is 0 Å². The van der Waals surface area contributed by atoms with Crippen LogP contribution in [0.25, 0.3) is 0 Å². The molecule has 8 heteroatoms. The number of ether oxygens (including phenoxy) is 2. The molecule has 0 aromatic heterocycles. The van der Waals surface area contributed by atoms with Gasteiger partial charge in [0.25, 0.3) is 0 Å². The van der Waals surface area contributed by atoms with Crippen molar-refractivity contribution >= 4 is 5.97 Å². The lowest BCUT2D eigenvalue weighted by Gasteiger charge is -2.71. The second kappa shape index (κ2) is 10.2. The number of allylic oxidation sites excluding steroid dienone is 2. The number of aliphatic hydroxyl groups is 4. The summed E-state index contributed by atoms with van der Waals surface area (Å²) in [5.74, 6) is -0.116. The standard InChI is InChI=1S/C35H56O8/c1-30(2)13-15-35(29(39)40)16-14-32(4)20(21(35)17-30)7-8-24-31(3)11-10-26(34(6,41)25(31)9-12-33(24,32)5)43-19-23-28(38)27(37)22(36)18-42-23/h7,21-28,36-38,41H,8-19H2,1-6H3,(H,39,40). The highest BCUT2D eigenvalue weighted by atomic mass is 16.6. The van der Waals surface area contributed by atoms with E-state index in [-0.39, 0.29) is 46.7 Å². The van der Waals surface area contributed by atoms with Crippen LogP contribution in [0.15, 0.2) is 11.6 Å². The molecule has 6 aliphatic rings. The van der Waals surface area contributed by atoms with Gasteiger partial charge in [0.1, 0.15) is 24.4 Å². The predicted octanol–water partition coefficient (Wildman–Crippen LogP) is 4.46. The summed E-state index contributed by atoms with van der Waals surface area (Å²) in [5.41, 5.74) is -0.330. The van der Waals surface area contributed by atoms with E-state index in [1.807, 2.05) is 6.92 Å². The number of carboxylic acid groups (broad SMARTS) is 1. The fourth-order valence-electron chi connectivity index (χ4n) is 11.7. The number of carbonyl (C=O) groups is 1. The van der Waals surface area contributed by atoms with E-state index >= 15 is 0 Å². The van der Waals surface area contributed by atoms with Gasteiger partial charge in [0, 0.05) is 0 Å². The molecule has 5 aliphatic carbocycles. The summed E-state index contributed by atoms with van der Waals surface area (Å²) >= 11 is 0. The van der Waals surface area contributed by atoms with Crippen LogP contribution in [0.5, 0.6) is 0 Å². The maximum absolute atomic E-state index is 12.9. The van der Waals surface area contributed by atoms with E-state index < -0.39 is 47.5 Å². The fraction of sp³-hybridized carbons (Fsp3) is 0.914. The number of aliphatic hydroxyl groups excluding tert-OH is 3. The largest absolute Gasteiger partial charge is 0.481 e. The van der Waals surface area contributed by atoms with E-state index in [4.69, 9.17) is 9.47 Å². The Bertz CT molecular complexity index is 1150. The Morgan fingerprint density at radius 1 is 0.930 bits per heavy atom. The van der Waals surface area contributed by atoms with E-state index in [0.717, 1.165) is 57.8 Å². The topological polar surface area (TPSA) is 137 Å². The van der Waals surface area contributed by atoms with Gasteiger partial charge in [0.05, 0.1) is 30.3 Å². The second-order valence-electron chi connectivity index (χ2n) is 17.2. The first kappa shape index (κ1) is 31.9. The average molecular weight is 605 g/mol. The summed E-state index contributed by atoms with van der Waals surface area (Å²) in [6.45, 7) is 13.8. The number of fused-ring (bicyclic) bond motifs is 7. The van der Waals surface area contributed by atoms with Crippen molar-refractivity contribution in [1.82, 2.24) is 0 Å². The fourth-order valence-corrected chi connectivity index (χ4v) is 11.7. The zero-order valence-electron chi connectivity index (χ0n) is 27.1. The lowest BCUT2D eigenvalue weighted by Crippen LogP contribution is -2.67. The Kier molecular flexibility index (Phi) is 7.60. The van der Waals surface area contributed by atoms with Crippen LogP contribution in [0.4, 0.5) is 0 Å². The van der Waals surface area contributed by atoms with Crippen molar-refractivity contribution in [2.45, 2.75) is 142 Å². The second-order valence-corrected chi connectivity index (χ2v) is 17.2. The third kappa shape index (κ3) is 4.47. The van der Waals surface area contributed by atoms with Crippen LogP contribution in [0.2, 0.25) is 0 Å². The molecule has 0 amide bonds. The zero-order chi connectivity index (χ0) is 31.4. The van der Waals surface area contributed by atoms with E-state index in [1.54, 1.807) is 0 Å². The molecule has 0 bridgehead atoms. The van der Waals surface area contributed by atoms with Gasteiger partial charge in [-0.05, 0) is 111 Å². The SMILES string of the molecule is CC1(C)CCC2(C(=O)O)CCC3(C)C(=CCC4C5(C)CCC(OCC6OCC(O)C(O)C6O)C(C)(O)C5CCC43C)C2C1. The number of rotatable bonds is 4. The van der Waals surface area contributed by atoms with Gasteiger partial charge in [0.2, 0.25) is 0 Å². The van der Waals surface area contributed by atoms with Gasteiger partial charge < -0.3 is 35.0 Å². The molecule has 0 radical (unpaired) electrons. The molecule has 1 heterocycles. The van der Waals surface area contributed by atoms with Crippen LogP contribution in [-0.4, -0.2) is 80.8 Å². The van der Waals surface area contributed by atoms with Gasteiger partial charge in [-0.1, -0.05) is 46.3 Å². The lowest BCUT2D eigenvalue weighted by molar-refractivity contribution is -0.255. The van der Waals surface area contributed by atoms with Gasteiger partial charge in [-0.3, -0.25) is 4.79 Å². The van der Waals surface area contributed by atoms with Gasteiger partial charge in [-0.2, -0.15) is 0 Å². The quantitative estimate of drug-likeness (QED) is 0.297. The van der Waals surface area contributed by atoms with Crippen molar-refractivity contribution in [3.63, 3.8) is 0 Å². The number of carboxylic acids is 1. The van der Waals surface area contributed by atoms with Crippen LogP contribution >= 0.6 is 0 Å². The third-order valence-electron chi connectivity index (χ3n) is 14.7. The molecular weight excluding hydrogens is 548 g/mol. The molecule has 4 saturated carbocycles. The molecule has 8 nitrogen and oxygen atoms in total. The van der Waals surface area contributed by atoms with Crippen molar-refractivity contribution < 1.29 is 39.8 Å². The van der Waals surface area contributed by atoms with Crippen molar-refractivity contribution in [3.05, 3.63) is 11.6 Å². The molecule has 1 saturated heterocycles. The summed E-state index contributed by atoms with van der Waals surface area (Å²) in [4.78, 5) is 12.9. The van der Waals surface area contributed by atoms with Gasteiger partial charge in [-0.15, -0.1) is 0 Å². The first-order chi connectivity index (χ1) is 19.9. The van der Waals surface area contributed by atoms with Crippen LogP contribution in [0.3, 0.4) is 0 Å². The molecule has 0 spiro atoms. The summed E-state index contributed by atoms with van der Waals surface area (Å²) < 4.78 is 11.8. The summed E-state index contributed by atoms with van der Waals surface area (Å²) in [6, 6.07) is 0. The van der Waals surface area contributed by atoms with E-state index in [9.17, 15) is 30.3 Å². The molecule has 13 unspecified atom stereocenters. The maximum atomic E-state index is 12.9. The molecule has 43 heavy (non-hydrogen) atoms. The minimum absolute atomic E-state index is 0.00931. The number of hydrogen-bond donors (Lipinski definition) is 5. The normalized spacial score (nSPS) is 54.3.